The maximum atomic E-state index is 5.94. The Morgan fingerprint density at radius 1 is 1.28 bits per heavy atom. The molecule has 1 aliphatic heterocycles. The molecule has 2 N–H and O–H groups in total. The molecule has 1 unspecified atom stereocenters. The van der Waals surface area contributed by atoms with Crippen molar-refractivity contribution in [2.75, 3.05) is 66.6 Å². The topological polar surface area (TPSA) is 65.3 Å². The van der Waals surface area contributed by atoms with Gasteiger partial charge in [-0.2, -0.15) is 0 Å². The molecule has 0 aromatic carbocycles. The van der Waals surface area contributed by atoms with Gasteiger partial charge < -0.3 is 24.7 Å². The number of ether oxygens (including phenoxy) is 1. The van der Waals surface area contributed by atoms with Crippen LogP contribution in [0.1, 0.15) is 43.7 Å². The molecule has 0 spiro atoms. The molecule has 1 atom stereocenters. The molecule has 2 heterocycles. The van der Waals surface area contributed by atoms with Crippen molar-refractivity contribution >= 4 is 29.9 Å². The summed E-state index contributed by atoms with van der Waals surface area (Å²) in [6.45, 7) is 11.6. The van der Waals surface area contributed by atoms with Crippen LogP contribution in [0.25, 0.3) is 0 Å². The van der Waals surface area contributed by atoms with Crippen LogP contribution in [0.15, 0.2) is 21.5 Å². The lowest BCUT2D eigenvalue weighted by molar-refractivity contribution is 0.180. The van der Waals surface area contributed by atoms with Gasteiger partial charge in [-0.3, -0.25) is 9.89 Å². The second-order valence-electron chi connectivity index (χ2n) is 7.50. The summed E-state index contributed by atoms with van der Waals surface area (Å²) in [6.07, 6.45) is 3.57. The summed E-state index contributed by atoms with van der Waals surface area (Å²) in [5.41, 5.74) is 0. The highest BCUT2D eigenvalue weighted by atomic mass is 127. The number of likely N-dealkylation sites (tertiary alicyclic amines) is 1. The summed E-state index contributed by atoms with van der Waals surface area (Å²) in [6, 6.07) is 4.36. The maximum Gasteiger partial charge on any atom is 0.191 e. The fourth-order valence-electron chi connectivity index (χ4n) is 3.55. The third kappa shape index (κ3) is 9.67. The summed E-state index contributed by atoms with van der Waals surface area (Å²) in [5, 5.41) is 6.82. The van der Waals surface area contributed by atoms with Gasteiger partial charge in [-0.15, -0.1) is 24.0 Å². The number of guanidine groups is 1. The van der Waals surface area contributed by atoms with Gasteiger partial charge in [-0.05, 0) is 65.4 Å². The average Bonchev–Trinajstić information content (AvgIpc) is 3.34. The van der Waals surface area contributed by atoms with E-state index in [1.165, 1.54) is 12.8 Å². The Kier molecular flexibility index (Phi) is 13.6. The number of aryl methyl sites for hydroxylation is 1. The lowest BCUT2D eigenvalue weighted by atomic mass is 10.2. The van der Waals surface area contributed by atoms with Crippen molar-refractivity contribution < 1.29 is 9.15 Å². The Balaban J connectivity index is 0.00000420. The minimum absolute atomic E-state index is 0. The normalized spacial score (nSPS) is 16.1. The fourth-order valence-corrected chi connectivity index (χ4v) is 3.55. The SMILES string of the molecule is CCNC(=NCC(c1ccc(C)o1)N1CCCC1)NCCN(C)CCCOC.I. The first kappa shape index (κ1) is 26.2. The number of hydrogen-bond donors (Lipinski definition) is 2. The molecule has 1 aliphatic rings. The molecule has 29 heavy (non-hydrogen) atoms. The zero-order valence-electron chi connectivity index (χ0n) is 18.6. The van der Waals surface area contributed by atoms with Gasteiger partial charge in [0.1, 0.15) is 11.5 Å². The van der Waals surface area contributed by atoms with Crippen LogP contribution in [-0.4, -0.2) is 82.3 Å². The van der Waals surface area contributed by atoms with Crippen LogP contribution in [0.2, 0.25) is 0 Å². The van der Waals surface area contributed by atoms with Crippen LogP contribution >= 0.6 is 24.0 Å². The fraction of sp³-hybridized carbons (Fsp3) is 0.762. The Labute approximate surface area is 193 Å². The van der Waals surface area contributed by atoms with Gasteiger partial charge in [-0.25, -0.2) is 0 Å². The molecule has 1 aromatic rings. The van der Waals surface area contributed by atoms with E-state index in [0.717, 1.165) is 69.8 Å². The minimum Gasteiger partial charge on any atom is -0.465 e. The summed E-state index contributed by atoms with van der Waals surface area (Å²) in [4.78, 5) is 9.68. The first-order chi connectivity index (χ1) is 13.6. The van der Waals surface area contributed by atoms with Gasteiger partial charge >= 0.3 is 0 Å². The largest absolute Gasteiger partial charge is 0.465 e. The van der Waals surface area contributed by atoms with Gasteiger partial charge in [0.05, 0.1) is 12.6 Å². The first-order valence-corrected chi connectivity index (χ1v) is 10.6. The van der Waals surface area contributed by atoms with E-state index in [4.69, 9.17) is 14.1 Å². The highest BCUT2D eigenvalue weighted by Gasteiger charge is 2.25. The van der Waals surface area contributed by atoms with Gasteiger partial charge in [0, 0.05) is 39.9 Å². The van der Waals surface area contributed by atoms with Crippen molar-refractivity contribution in [2.45, 2.75) is 39.2 Å². The summed E-state index contributed by atoms with van der Waals surface area (Å²) in [7, 11) is 3.89. The number of aliphatic imine (C=N–C) groups is 1. The first-order valence-electron chi connectivity index (χ1n) is 10.6. The molecule has 0 amide bonds. The number of halogens is 1. The zero-order chi connectivity index (χ0) is 20.2. The number of nitrogens with zero attached hydrogens (tertiary/aromatic N) is 3. The van der Waals surface area contributed by atoms with Crippen LogP contribution in [0.5, 0.6) is 0 Å². The minimum atomic E-state index is 0. The van der Waals surface area contributed by atoms with Crippen LogP contribution in [0, 0.1) is 6.92 Å². The Hall–Kier alpha value is -0.840. The van der Waals surface area contributed by atoms with Crippen molar-refractivity contribution in [2.24, 2.45) is 4.99 Å². The van der Waals surface area contributed by atoms with Crippen molar-refractivity contribution in [3.8, 4) is 0 Å². The lowest BCUT2D eigenvalue weighted by Gasteiger charge is -2.25. The Morgan fingerprint density at radius 2 is 2.03 bits per heavy atom. The van der Waals surface area contributed by atoms with E-state index in [1.807, 2.05) is 13.0 Å². The second kappa shape index (κ2) is 15.0. The number of furan rings is 1. The quantitative estimate of drug-likeness (QED) is 0.191. The highest BCUT2D eigenvalue weighted by Crippen LogP contribution is 2.26. The number of likely N-dealkylation sites (N-methyl/N-ethyl adjacent to an activating group) is 1. The molecule has 168 valence electrons. The molecule has 1 saturated heterocycles. The van der Waals surface area contributed by atoms with Gasteiger partial charge in [0.25, 0.3) is 0 Å². The lowest BCUT2D eigenvalue weighted by Crippen LogP contribution is -2.41. The van der Waals surface area contributed by atoms with Crippen molar-refractivity contribution in [3.05, 3.63) is 23.7 Å². The molecule has 1 fully saturated rings. The molecule has 8 heteroatoms. The van der Waals surface area contributed by atoms with Crippen LogP contribution < -0.4 is 10.6 Å². The molecular formula is C21H40IN5O2. The molecule has 0 aliphatic carbocycles. The van der Waals surface area contributed by atoms with Crippen molar-refractivity contribution in [1.29, 1.82) is 0 Å². The van der Waals surface area contributed by atoms with E-state index in [9.17, 15) is 0 Å². The number of nitrogens with one attached hydrogen (secondary N) is 2. The van der Waals surface area contributed by atoms with E-state index in [0.29, 0.717) is 6.54 Å². The molecule has 7 nitrogen and oxygen atoms in total. The van der Waals surface area contributed by atoms with Gasteiger partial charge in [0.2, 0.25) is 0 Å². The van der Waals surface area contributed by atoms with Crippen LogP contribution in [-0.2, 0) is 4.74 Å². The highest BCUT2D eigenvalue weighted by molar-refractivity contribution is 14.0. The predicted octanol–water partition coefficient (Wildman–Crippen LogP) is 2.87. The predicted molar refractivity (Wildman–Crippen MR) is 130 cm³/mol. The molecule has 0 radical (unpaired) electrons. The standard InChI is InChI=1S/C21H39N5O2.HI/c1-5-22-21(23-11-15-25(3)12-8-16-27-4)24-17-19(26-13-6-7-14-26)20-10-9-18(2)28-20;/h9-10,19H,5-8,11-17H2,1-4H3,(H2,22,23,24);1H. The van der Waals surface area contributed by atoms with E-state index >= 15 is 0 Å². The molecule has 1 aromatic heterocycles. The summed E-state index contributed by atoms with van der Waals surface area (Å²) >= 11 is 0. The van der Waals surface area contributed by atoms with Gasteiger partial charge in [-0.1, -0.05) is 0 Å². The third-order valence-corrected chi connectivity index (χ3v) is 5.11. The summed E-state index contributed by atoms with van der Waals surface area (Å²) < 4.78 is 11.1. The van der Waals surface area contributed by atoms with E-state index in [2.05, 4.69) is 40.5 Å². The monoisotopic (exact) mass is 521 g/mol. The van der Waals surface area contributed by atoms with Crippen molar-refractivity contribution in [3.63, 3.8) is 0 Å². The maximum absolute atomic E-state index is 5.94. The van der Waals surface area contributed by atoms with Crippen LogP contribution in [0.3, 0.4) is 0 Å². The second-order valence-corrected chi connectivity index (χ2v) is 7.50. The molecule has 2 rings (SSSR count). The van der Waals surface area contributed by atoms with Crippen LogP contribution in [0.4, 0.5) is 0 Å². The smallest absolute Gasteiger partial charge is 0.191 e. The van der Waals surface area contributed by atoms with E-state index < -0.39 is 0 Å². The molecular weight excluding hydrogens is 481 g/mol. The molecule has 0 saturated carbocycles. The summed E-state index contributed by atoms with van der Waals surface area (Å²) in [5.74, 6) is 2.86. The average molecular weight is 521 g/mol. The van der Waals surface area contributed by atoms with Gasteiger partial charge in [0.15, 0.2) is 5.96 Å². The number of methoxy groups -OCH3 is 1. The van der Waals surface area contributed by atoms with E-state index in [1.54, 1.807) is 7.11 Å². The molecule has 0 bridgehead atoms. The Bertz CT molecular complexity index is 575. The van der Waals surface area contributed by atoms with E-state index in [-0.39, 0.29) is 30.0 Å². The Morgan fingerprint density at radius 3 is 2.66 bits per heavy atom. The number of rotatable bonds is 12. The zero-order valence-corrected chi connectivity index (χ0v) is 20.9. The number of hydrogen-bond acceptors (Lipinski definition) is 5. The third-order valence-electron chi connectivity index (χ3n) is 5.11. The van der Waals surface area contributed by atoms with Crippen molar-refractivity contribution in [1.82, 2.24) is 20.4 Å².